The number of pyridine rings is 1. The van der Waals surface area contributed by atoms with Crippen molar-refractivity contribution in [2.45, 2.75) is 13.0 Å². The molecule has 2 N–H and O–H groups in total. The van der Waals surface area contributed by atoms with Gasteiger partial charge in [0.25, 0.3) is 5.91 Å². The highest BCUT2D eigenvalue weighted by molar-refractivity contribution is 6.30. The smallest absolute Gasteiger partial charge is 0.272 e. The van der Waals surface area contributed by atoms with Gasteiger partial charge in [-0.15, -0.1) is 0 Å². The van der Waals surface area contributed by atoms with Crippen molar-refractivity contribution in [3.8, 4) is 0 Å². The van der Waals surface area contributed by atoms with Crippen molar-refractivity contribution in [3.63, 3.8) is 0 Å². The maximum Gasteiger partial charge on any atom is 0.272 e. The molecule has 33 heavy (non-hydrogen) atoms. The van der Waals surface area contributed by atoms with Gasteiger partial charge < -0.3 is 14.6 Å². The van der Waals surface area contributed by atoms with Crippen molar-refractivity contribution in [2.24, 2.45) is 0 Å². The normalized spacial score (nSPS) is 14.8. The van der Waals surface area contributed by atoms with Crippen LogP contribution in [0.2, 0.25) is 5.02 Å². The fourth-order valence-electron chi connectivity index (χ4n) is 4.14. The first-order chi connectivity index (χ1) is 16.1. The molecule has 4 heterocycles. The maximum atomic E-state index is 12.6. The largest absolute Gasteiger partial charge is 0.350 e. The van der Waals surface area contributed by atoms with E-state index >= 15 is 0 Å². The molecule has 5 rings (SSSR count). The Bertz CT molecular complexity index is 1310. The number of nitrogens with one attached hydrogen (secondary N) is 2. The Hall–Kier alpha value is -3.43. The molecule has 1 aliphatic heterocycles. The van der Waals surface area contributed by atoms with E-state index in [9.17, 15) is 9.59 Å². The van der Waals surface area contributed by atoms with E-state index in [0.717, 1.165) is 41.9 Å². The van der Waals surface area contributed by atoms with Crippen LogP contribution in [0.1, 0.15) is 22.6 Å². The van der Waals surface area contributed by atoms with Crippen LogP contribution >= 0.6 is 11.6 Å². The molecule has 0 aliphatic carbocycles. The first-order valence-corrected chi connectivity index (χ1v) is 11.3. The summed E-state index contributed by atoms with van der Waals surface area (Å²) in [6.07, 6.45) is 4.10. The van der Waals surface area contributed by atoms with Crippen LogP contribution in [0.4, 0.5) is 0 Å². The number of fused-ring (bicyclic) bond motifs is 2. The average molecular weight is 466 g/mol. The third-order valence-electron chi connectivity index (χ3n) is 5.89. The van der Waals surface area contributed by atoms with Gasteiger partial charge in [-0.1, -0.05) is 29.8 Å². The van der Waals surface area contributed by atoms with Crippen molar-refractivity contribution in [1.82, 2.24) is 34.7 Å². The van der Waals surface area contributed by atoms with Crippen LogP contribution in [0.15, 0.2) is 48.8 Å². The molecular weight excluding hydrogens is 442 g/mol. The molecule has 0 spiro atoms. The number of amides is 2. The molecule has 1 fully saturated rings. The van der Waals surface area contributed by atoms with E-state index in [4.69, 9.17) is 11.6 Å². The van der Waals surface area contributed by atoms with Crippen LogP contribution in [-0.4, -0.2) is 73.9 Å². The molecule has 0 bridgehead atoms. The Kier molecular flexibility index (Phi) is 5.97. The van der Waals surface area contributed by atoms with Gasteiger partial charge in [0.15, 0.2) is 5.69 Å². The van der Waals surface area contributed by atoms with Crippen molar-refractivity contribution >= 4 is 40.0 Å². The predicted molar refractivity (Wildman–Crippen MR) is 125 cm³/mol. The van der Waals surface area contributed by atoms with Crippen molar-refractivity contribution in [3.05, 3.63) is 65.2 Å². The Balaban J connectivity index is 1.07. The predicted octanol–water partition coefficient (Wildman–Crippen LogP) is 2.33. The number of aromatic amines is 1. The zero-order chi connectivity index (χ0) is 22.8. The summed E-state index contributed by atoms with van der Waals surface area (Å²) in [4.78, 5) is 33.8. The van der Waals surface area contributed by atoms with Crippen LogP contribution in [0, 0.1) is 0 Å². The van der Waals surface area contributed by atoms with Gasteiger partial charge in [0.05, 0.1) is 16.2 Å². The molecule has 0 atom stereocenters. The summed E-state index contributed by atoms with van der Waals surface area (Å²) in [5, 5.41) is 11.2. The Labute approximate surface area is 195 Å². The fourth-order valence-corrected chi connectivity index (χ4v) is 4.31. The minimum Gasteiger partial charge on any atom is -0.350 e. The van der Waals surface area contributed by atoms with Gasteiger partial charge in [0.2, 0.25) is 5.91 Å². The van der Waals surface area contributed by atoms with Crippen molar-refractivity contribution in [1.29, 1.82) is 0 Å². The topological polar surface area (TPSA) is 98.6 Å². The van der Waals surface area contributed by atoms with Gasteiger partial charge in [-0.25, -0.2) is 4.98 Å². The van der Waals surface area contributed by atoms with Gasteiger partial charge in [-0.05, 0) is 18.2 Å². The molecule has 1 aromatic carbocycles. The fraction of sp³-hybridized carbons (Fsp3) is 0.304. The van der Waals surface area contributed by atoms with E-state index in [1.165, 1.54) is 0 Å². The molecule has 0 saturated carbocycles. The van der Waals surface area contributed by atoms with E-state index in [1.807, 2.05) is 58.1 Å². The lowest BCUT2D eigenvalue weighted by atomic mass is 10.2. The highest BCUT2D eigenvalue weighted by Crippen LogP contribution is 2.16. The van der Waals surface area contributed by atoms with Crippen LogP contribution in [0.5, 0.6) is 0 Å². The lowest BCUT2D eigenvalue weighted by Gasteiger charge is -2.34. The zero-order valence-corrected chi connectivity index (χ0v) is 18.8. The number of rotatable bonds is 6. The van der Waals surface area contributed by atoms with Crippen LogP contribution in [0.3, 0.4) is 0 Å². The third-order valence-corrected chi connectivity index (χ3v) is 6.11. The number of carbonyl (C=O) groups is 2. The van der Waals surface area contributed by atoms with Gasteiger partial charge in [-0.2, -0.15) is 5.10 Å². The second kappa shape index (κ2) is 9.21. The van der Waals surface area contributed by atoms with Gasteiger partial charge in [0.1, 0.15) is 5.65 Å². The number of benzene rings is 1. The minimum absolute atomic E-state index is 0.0456. The second-order valence-corrected chi connectivity index (χ2v) is 8.56. The van der Waals surface area contributed by atoms with E-state index in [2.05, 4.69) is 25.4 Å². The molecule has 2 amide bonds. The lowest BCUT2D eigenvalue weighted by molar-refractivity contribution is -0.132. The van der Waals surface area contributed by atoms with Crippen LogP contribution in [-0.2, 0) is 11.3 Å². The number of imidazole rings is 1. The van der Waals surface area contributed by atoms with E-state index in [1.54, 1.807) is 0 Å². The Morgan fingerprint density at radius 1 is 1.06 bits per heavy atom. The first-order valence-electron chi connectivity index (χ1n) is 10.9. The molecule has 9 nitrogen and oxygen atoms in total. The number of halogens is 1. The summed E-state index contributed by atoms with van der Waals surface area (Å²) < 4.78 is 1.93. The lowest BCUT2D eigenvalue weighted by Crippen LogP contribution is -2.48. The number of aromatic nitrogens is 4. The number of piperazine rings is 1. The van der Waals surface area contributed by atoms with Gasteiger partial charge in [-0.3, -0.25) is 19.6 Å². The van der Waals surface area contributed by atoms with E-state index < -0.39 is 0 Å². The highest BCUT2D eigenvalue weighted by Gasteiger charge is 2.22. The zero-order valence-electron chi connectivity index (χ0n) is 18.0. The quantitative estimate of drug-likeness (QED) is 0.455. The highest BCUT2D eigenvalue weighted by atomic mass is 35.5. The molecule has 3 aromatic heterocycles. The molecule has 10 heteroatoms. The molecule has 1 aliphatic rings. The van der Waals surface area contributed by atoms with Crippen molar-refractivity contribution in [2.75, 3.05) is 32.7 Å². The van der Waals surface area contributed by atoms with Crippen LogP contribution < -0.4 is 5.32 Å². The van der Waals surface area contributed by atoms with Crippen LogP contribution in [0.25, 0.3) is 16.6 Å². The Morgan fingerprint density at radius 3 is 2.73 bits per heavy atom. The van der Waals surface area contributed by atoms with Crippen molar-refractivity contribution < 1.29 is 9.59 Å². The summed E-state index contributed by atoms with van der Waals surface area (Å²) in [5.41, 5.74) is 3.00. The summed E-state index contributed by atoms with van der Waals surface area (Å²) in [7, 11) is 0. The molecule has 4 aromatic rings. The summed E-state index contributed by atoms with van der Waals surface area (Å²) in [6.45, 7) is 3.90. The maximum absolute atomic E-state index is 12.6. The first kappa shape index (κ1) is 21.4. The number of H-pyrrole nitrogens is 1. The molecular formula is C23H24ClN7O2. The SMILES string of the molecule is O=C(NCCC(=O)N1CCN(Cc2cn3cc(Cl)ccc3n2)CC1)c1n[nH]c2ccccc12. The molecule has 1 saturated heterocycles. The number of hydrogen-bond donors (Lipinski definition) is 2. The second-order valence-electron chi connectivity index (χ2n) is 8.13. The number of para-hydroxylation sites is 1. The number of nitrogens with zero attached hydrogens (tertiary/aromatic N) is 5. The number of hydrogen-bond acceptors (Lipinski definition) is 5. The van der Waals surface area contributed by atoms with E-state index in [0.29, 0.717) is 23.8 Å². The Morgan fingerprint density at radius 2 is 1.88 bits per heavy atom. The van der Waals surface area contributed by atoms with Gasteiger partial charge >= 0.3 is 0 Å². The van der Waals surface area contributed by atoms with E-state index in [-0.39, 0.29) is 24.8 Å². The summed E-state index contributed by atoms with van der Waals surface area (Å²) in [5.74, 6) is -0.233. The third kappa shape index (κ3) is 4.69. The molecule has 170 valence electrons. The summed E-state index contributed by atoms with van der Waals surface area (Å²) in [6, 6.07) is 11.2. The minimum atomic E-state index is -0.279. The summed E-state index contributed by atoms with van der Waals surface area (Å²) >= 11 is 6.04. The monoisotopic (exact) mass is 465 g/mol. The van der Waals surface area contributed by atoms with Gasteiger partial charge in [0, 0.05) is 63.5 Å². The molecule has 0 unspecified atom stereocenters. The number of carbonyl (C=O) groups excluding carboxylic acids is 2. The standard InChI is InChI=1S/C23H24ClN7O2/c24-16-5-6-20-26-17(15-31(20)13-16)14-29-9-11-30(12-10-29)21(32)7-8-25-23(33)22-18-3-1-2-4-19(18)27-28-22/h1-6,13,15H,7-12,14H2,(H,25,33)(H,27,28). The molecule has 0 radical (unpaired) electrons. The average Bonchev–Trinajstić information content (AvgIpc) is 3.42.